The minimum atomic E-state index is -1.33. The zero-order chi connectivity index (χ0) is 15.5. The van der Waals surface area contributed by atoms with Crippen LogP contribution in [0.5, 0.6) is 0 Å². The largest absolute Gasteiger partial charge is 0.256 e. The molecule has 0 saturated carbocycles. The topological polar surface area (TPSA) is 42.0 Å². The van der Waals surface area contributed by atoms with E-state index in [2.05, 4.69) is 9.71 Å². The summed E-state index contributed by atoms with van der Waals surface area (Å²) in [6.07, 6.45) is 1.54. The zero-order valence-corrected chi connectivity index (χ0v) is 13.2. The van der Waals surface area contributed by atoms with E-state index in [1.807, 2.05) is 51.1 Å². The van der Waals surface area contributed by atoms with E-state index in [9.17, 15) is 8.60 Å². The van der Waals surface area contributed by atoms with Gasteiger partial charge in [-0.05, 0) is 38.5 Å². The van der Waals surface area contributed by atoms with Crippen LogP contribution in [0.15, 0.2) is 48.7 Å². The number of aromatic nitrogens is 1. The highest BCUT2D eigenvalue weighted by molar-refractivity contribution is 7.84. The maximum absolute atomic E-state index is 14.1. The highest BCUT2D eigenvalue weighted by Crippen LogP contribution is 2.24. The first-order valence-electron chi connectivity index (χ1n) is 6.73. The standard InChI is InChI=1S/C16H19FN2OS/c1-16(2,3)21(20)19-14(12-8-5-4-6-9-12)15-13(17)10-7-11-18-15/h4-11,14,19H,1-3H3. The van der Waals surface area contributed by atoms with Crippen molar-refractivity contribution in [1.82, 2.24) is 9.71 Å². The second-order valence-corrected chi connectivity index (χ2v) is 7.71. The maximum Gasteiger partial charge on any atom is 0.146 e. The summed E-state index contributed by atoms with van der Waals surface area (Å²) in [5, 5.41) is 0. The van der Waals surface area contributed by atoms with E-state index in [1.165, 1.54) is 12.3 Å². The number of hydrogen-bond donors (Lipinski definition) is 1. The van der Waals surface area contributed by atoms with Gasteiger partial charge in [-0.2, -0.15) is 0 Å². The number of nitrogens with one attached hydrogen (secondary N) is 1. The summed E-state index contributed by atoms with van der Waals surface area (Å²) < 4.78 is 29.0. The Balaban J connectivity index is 2.41. The molecule has 112 valence electrons. The third kappa shape index (κ3) is 3.95. The van der Waals surface area contributed by atoms with Crippen LogP contribution in [0.1, 0.15) is 38.1 Å². The number of pyridine rings is 1. The quantitative estimate of drug-likeness (QED) is 0.941. The Morgan fingerprint density at radius 2 is 1.81 bits per heavy atom. The van der Waals surface area contributed by atoms with Gasteiger partial charge in [0.2, 0.25) is 0 Å². The summed E-state index contributed by atoms with van der Waals surface area (Å²) in [4.78, 5) is 4.12. The van der Waals surface area contributed by atoms with Gasteiger partial charge in [-0.1, -0.05) is 30.3 Å². The molecule has 0 bridgehead atoms. The number of halogens is 1. The molecule has 1 aromatic heterocycles. The molecule has 1 heterocycles. The van der Waals surface area contributed by atoms with Gasteiger partial charge in [0.15, 0.2) is 0 Å². The Kier molecular flexibility index (Phi) is 4.85. The van der Waals surface area contributed by atoms with E-state index in [1.54, 1.807) is 6.07 Å². The van der Waals surface area contributed by atoms with Crippen molar-refractivity contribution in [1.29, 1.82) is 0 Å². The van der Waals surface area contributed by atoms with Crippen molar-refractivity contribution >= 4 is 11.0 Å². The predicted molar refractivity (Wildman–Crippen MR) is 83.5 cm³/mol. The van der Waals surface area contributed by atoms with Crippen molar-refractivity contribution in [3.63, 3.8) is 0 Å². The minimum Gasteiger partial charge on any atom is -0.256 e. The lowest BCUT2D eigenvalue weighted by Crippen LogP contribution is -2.36. The van der Waals surface area contributed by atoms with Crippen molar-refractivity contribution in [3.8, 4) is 0 Å². The Morgan fingerprint density at radius 1 is 1.14 bits per heavy atom. The van der Waals surface area contributed by atoms with Crippen LogP contribution >= 0.6 is 0 Å². The third-order valence-corrected chi connectivity index (χ3v) is 4.54. The molecule has 0 aliphatic carbocycles. The van der Waals surface area contributed by atoms with Crippen molar-refractivity contribution < 1.29 is 8.60 Å². The smallest absolute Gasteiger partial charge is 0.146 e. The summed E-state index contributed by atoms with van der Waals surface area (Å²) in [5.41, 5.74) is 1.08. The lowest BCUT2D eigenvalue weighted by atomic mass is 10.0. The van der Waals surface area contributed by atoms with Crippen LogP contribution < -0.4 is 4.72 Å². The van der Waals surface area contributed by atoms with Gasteiger partial charge >= 0.3 is 0 Å². The second kappa shape index (κ2) is 6.45. The Bertz CT molecular complexity index is 626. The lowest BCUT2D eigenvalue weighted by molar-refractivity contribution is 0.568. The number of benzene rings is 1. The Labute approximate surface area is 127 Å². The van der Waals surface area contributed by atoms with Crippen LogP contribution in [0.25, 0.3) is 0 Å². The van der Waals surface area contributed by atoms with Crippen molar-refractivity contribution in [3.05, 3.63) is 65.7 Å². The Morgan fingerprint density at radius 3 is 2.38 bits per heavy atom. The summed E-state index contributed by atoms with van der Waals surface area (Å²) >= 11 is 0. The molecule has 2 atom stereocenters. The first-order valence-corrected chi connectivity index (χ1v) is 7.88. The molecule has 0 fully saturated rings. The van der Waals surface area contributed by atoms with Gasteiger partial charge in [0.05, 0.1) is 27.5 Å². The molecule has 0 amide bonds. The average molecular weight is 306 g/mol. The number of hydrogen-bond acceptors (Lipinski definition) is 2. The van der Waals surface area contributed by atoms with E-state index < -0.39 is 27.6 Å². The monoisotopic (exact) mass is 306 g/mol. The fourth-order valence-electron chi connectivity index (χ4n) is 1.82. The van der Waals surface area contributed by atoms with E-state index in [-0.39, 0.29) is 5.69 Å². The van der Waals surface area contributed by atoms with E-state index in [4.69, 9.17) is 0 Å². The van der Waals surface area contributed by atoms with Gasteiger partial charge in [0, 0.05) is 6.20 Å². The van der Waals surface area contributed by atoms with Crippen LogP contribution in [0.4, 0.5) is 4.39 Å². The molecule has 3 nitrogen and oxygen atoms in total. The first-order chi connectivity index (χ1) is 9.89. The van der Waals surface area contributed by atoms with Crippen LogP contribution in [0.2, 0.25) is 0 Å². The molecule has 5 heteroatoms. The molecular weight excluding hydrogens is 287 g/mol. The van der Waals surface area contributed by atoms with Gasteiger partial charge in [-0.3, -0.25) is 4.98 Å². The van der Waals surface area contributed by atoms with Crippen molar-refractivity contribution in [2.75, 3.05) is 0 Å². The van der Waals surface area contributed by atoms with Crippen LogP contribution in [-0.2, 0) is 11.0 Å². The molecule has 1 aromatic carbocycles. The molecule has 0 aliphatic heterocycles. The minimum absolute atomic E-state index is 0.251. The second-order valence-electron chi connectivity index (χ2n) is 5.71. The molecule has 0 radical (unpaired) electrons. The molecular formula is C16H19FN2OS. The molecule has 2 rings (SSSR count). The van der Waals surface area contributed by atoms with Crippen LogP contribution in [0.3, 0.4) is 0 Å². The average Bonchev–Trinajstić information content (AvgIpc) is 2.45. The normalized spacial score (nSPS) is 14.7. The van der Waals surface area contributed by atoms with E-state index in [0.717, 1.165) is 5.56 Å². The molecule has 2 unspecified atom stereocenters. The third-order valence-electron chi connectivity index (χ3n) is 2.97. The lowest BCUT2D eigenvalue weighted by Gasteiger charge is -2.24. The zero-order valence-electron chi connectivity index (χ0n) is 12.3. The van der Waals surface area contributed by atoms with Gasteiger partial charge in [-0.25, -0.2) is 13.3 Å². The SMILES string of the molecule is CC(C)(C)S(=O)NC(c1ccccc1)c1ncccc1F. The van der Waals surface area contributed by atoms with Crippen LogP contribution in [-0.4, -0.2) is 13.9 Å². The number of nitrogens with zero attached hydrogens (tertiary/aromatic N) is 1. The van der Waals surface area contributed by atoms with Gasteiger partial charge in [-0.15, -0.1) is 0 Å². The molecule has 1 N–H and O–H groups in total. The molecule has 21 heavy (non-hydrogen) atoms. The van der Waals surface area contributed by atoms with Crippen LogP contribution in [0, 0.1) is 5.82 Å². The fraction of sp³-hybridized carbons (Fsp3) is 0.312. The molecule has 2 aromatic rings. The van der Waals surface area contributed by atoms with Gasteiger partial charge in [0.1, 0.15) is 5.82 Å². The highest BCUT2D eigenvalue weighted by Gasteiger charge is 2.26. The first kappa shape index (κ1) is 15.8. The molecule has 0 spiro atoms. The summed E-state index contributed by atoms with van der Waals surface area (Å²) in [6, 6.07) is 11.7. The predicted octanol–water partition coefficient (Wildman–Crippen LogP) is 3.36. The van der Waals surface area contributed by atoms with Crippen molar-refractivity contribution in [2.24, 2.45) is 0 Å². The van der Waals surface area contributed by atoms with Gasteiger partial charge < -0.3 is 0 Å². The molecule has 0 aliphatic rings. The number of rotatable bonds is 4. The van der Waals surface area contributed by atoms with Gasteiger partial charge in [0.25, 0.3) is 0 Å². The van der Waals surface area contributed by atoms with E-state index >= 15 is 0 Å². The van der Waals surface area contributed by atoms with E-state index in [0.29, 0.717) is 0 Å². The Hall–Kier alpha value is -1.59. The maximum atomic E-state index is 14.1. The van der Waals surface area contributed by atoms with Crippen molar-refractivity contribution in [2.45, 2.75) is 31.6 Å². The summed E-state index contributed by atoms with van der Waals surface area (Å²) in [7, 11) is -1.33. The highest BCUT2D eigenvalue weighted by atomic mass is 32.2. The summed E-state index contributed by atoms with van der Waals surface area (Å²) in [5.74, 6) is -0.412. The molecule has 0 saturated heterocycles. The summed E-state index contributed by atoms with van der Waals surface area (Å²) in [6.45, 7) is 5.60. The fourth-order valence-corrected chi connectivity index (χ4v) is 2.64.